The van der Waals surface area contributed by atoms with Crippen molar-refractivity contribution in [3.8, 4) is 5.88 Å². The van der Waals surface area contributed by atoms with E-state index in [4.69, 9.17) is 15.1 Å². The average molecular weight is 369 g/mol. The summed E-state index contributed by atoms with van der Waals surface area (Å²) < 4.78 is 7.98. The summed E-state index contributed by atoms with van der Waals surface area (Å²) in [4.78, 5) is 16.5. The first kappa shape index (κ1) is 19.1. The van der Waals surface area contributed by atoms with E-state index < -0.39 is 0 Å². The minimum Gasteiger partial charge on any atom is -0.474 e. The van der Waals surface area contributed by atoms with Gasteiger partial charge >= 0.3 is 0 Å². The van der Waals surface area contributed by atoms with Crippen molar-refractivity contribution in [1.82, 2.24) is 20.1 Å². The van der Waals surface area contributed by atoms with Gasteiger partial charge in [0.2, 0.25) is 5.88 Å². The van der Waals surface area contributed by atoms with Gasteiger partial charge in [0.05, 0.1) is 16.6 Å². The predicted octanol–water partition coefficient (Wildman–Crippen LogP) is 3.09. The molecule has 1 aliphatic rings. The largest absolute Gasteiger partial charge is 0.474 e. The van der Waals surface area contributed by atoms with Gasteiger partial charge in [0.1, 0.15) is 11.9 Å². The molecule has 2 heterocycles. The molecule has 2 atom stereocenters. The van der Waals surface area contributed by atoms with Crippen LogP contribution in [0.25, 0.3) is 16.5 Å². The number of aromatic nitrogens is 3. The van der Waals surface area contributed by atoms with Crippen LogP contribution in [-0.2, 0) is 11.8 Å². The van der Waals surface area contributed by atoms with E-state index in [9.17, 15) is 4.79 Å². The van der Waals surface area contributed by atoms with E-state index in [1.165, 1.54) is 6.21 Å². The molecule has 1 aliphatic carbocycles. The highest BCUT2D eigenvalue weighted by Gasteiger charge is 2.27. The second-order valence-electron chi connectivity index (χ2n) is 7.20. The standard InChI is InChI=1S/C20H27N5O2/c1-12(22-3)16(10-21)18-9-19-17(11-25(4)24-19)20(23-18)27-13(2)14-6-5-7-15(26)8-14/h9-11,13-14,21-22H,5-8H2,1-4H3/b16-12+,21-10?/t13-,14+/m1/s1. The molecule has 0 saturated heterocycles. The average Bonchev–Trinajstić information content (AvgIpc) is 3.02. The van der Waals surface area contributed by atoms with Crippen LogP contribution in [0.1, 0.15) is 45.2 Å². The quantitative estimate of drug-likeness (QED) is 0.763. The highest BCUT2D eigenvalue weighted by Crippen LogP contribution is 2.31. The van der Waals surface area contributed by atoms with Crippen molar-refractivity contribution in [2.75, 3.05) is 7.05 Å². The van der Waals surface area contributed by atoms with Crippen LogP contribution in [-0.4, -0.2) is 39.9 Å². The lowest BCUT2D eigenvalue weighted by Gasteiger charge is -2.27. The Morgan fingerprint density at radius 1 is 1.52 bits per heavy atom. The third-order valence-electron chi connectivity index (χ3n) is 5.26. The number of rotatable bonds is 6. The molecule has 1 fully saturated rings. The third kappa shape index (κ3) is 4.02. The number of fused-ring (bicyclic) bond motifs is 1. The normalized spacial score (nSPS) is 19.6. The Bertz CT molecular complexity index is 899. The highest BCUT2D eigenvalue weighted by atomic mass is 16.5. The smallest absolute Gasteiger partial charge is 0.225 e. The van der Waals surface area contributed by atoms with Crippen LogP contribution in [0.5, 0.6) is 5.88 Å². The molecule has 0 aliphatic heterocycles. The van der Waals surface area contributed by atoms with Crippen molar-refractivity contribution in [2.24, 2.45) is 13.0 Å². The van der Waals surface area contributed by atoms with Crippen LogP contribution < -0.4 is 10.1 Å². The van der Waals surface area contributed by atoms with E-state index in [-0.39, 0.29) is 12.0 Å². The van der Waals surface area contributed by atoms with E-state index in [0.29, 0.717) is 35.8 Å². The lowest BCUT2D eigenvalue weighted by Crippen LogP contribution is -2.29. The number of nitrogens with zero attached hydrogens (tertiary/aromatic N) is 3. The summed E-state index contributed by atoms with van der Waals surface area (Å²) in [5.41, 5.74) is 2.96. The Hall–Kier alpha value is -2.70. The van der Waals surface area contributed by atoms with Crippen molar-refractivity contribution in [1.29, 1.82) is 5.41 Å². The summed E-state index contributed by atoms with van der Waals surface area (Å²) in [6.07, 6.45) is 6.23. The van der Waals surface area contributed by atoms with Gasteiger partial charge in [-0.2, -0.15) is 5.10 Å². The first-order chi connectivity index (χ1) is 12.9. The summed E-state index contributed by atoms with van der Waals surface area (Å²) in [5.74, 6) is 1.03. The number of ether oxygens (including phenoxy) is 1. The second kappa shape index (κ2) is 7.90. The number of allylic oxidation sites excluding steroid dienone is 2. The van der Waals surface area contributed by atoms with E-state index in [2.05, 4.69) is 10.4 Å². The number of carbonyl (C=O) groups is 1. The number of aryl methyl sites for hydroxylation is 1. The molecule has 0 radical (unpaired) electrons. The van der Waals surface area contributed by atoms with Crippen molar-refractivity contribution >= 4 is 28.5 Å². The Balaban J connectivity index is 2.00. The summed E-state index contributed by atoms with van der Waals surface area (Å²) in [6, 6.07) is 1.87. The van der Waals surface area contributed by atoms with Gasteiger partial charge in [0.15, 0.2) is 0 Å². The van der Waals surface area contributed by atoms with Gasteiger partial charge in [-0.05, 0) is 32.8 Å². The molecule has 1 saturated carbocycles. The van der Waals surface area contributed by atoms with Gasteiger partial charge in [0, 0.05) is 56.5 Å². The zero-order valence-corrected chi connectivity index (χ0v) is 16.4. The molecule has 0 unspecified atom stereocenters. The van der Waals surface area contributed by atoms with E-state index >= 15 is 0 Å². The van der Waals surface area contributed by atoms with E-state index in [0.717, 1.165) is 29.4 Å². The summed E-state index contributed by atoms with van der Waals surface area (Å²) in [7, 11) is 3.68. The van der Waals surface area contributed by atoms with Gasteiger partial charge in [0.25, 0.3) is 0 Å². The first-order valence-electron chi connectivity index (χ1n) is 9.35. The Morgan fingerprint density at radius 3 is 2.96 bits per heavy atom. The molecular formula is C20H27N5O2. The van der Waals surface area contributed by atoms with Crippen molar-refractivity contribution < 1.29 is 9.53 Å². The lowest BCUT2D eigenvalue weighted by molar-refractivity contribution is -0.122. The molecule has 2 aromatic heterocycles. The van der Waals surface area contributed by atoms with Crippen molar-refractivity contribution in [2.45, 2.75) is 45.6 Å². The monoisotopic (exact) mass is 369 g/mol. The van der Waals surface area contributed by atoms with Gasteiger partial charge in [-0.15, -0.1) is 0 Å². The van der Waals surface area contributed by atoms with Crippen LogP contribution in [0.4, 0.5) is 0 Å². The Labute approximate surface area is 159 Å². The van der Waals surface area contributed by atoms with Crippen LogP contribution in [0.3, 0.4) is 0 Å². The van der Waals surface area contributed by atoms with Crippen LogP contribution in [0, 0.1) is 11.3 Å². The van der Waals surface area contributed by atoms with Gasteiger partial charge < -0.3 is 15.5 Å². The van der Waals surface area contributed by atoms with Crippen LogP contribution >= 0.6 is 0 Å². The molecular weight excluding hydrogens is 342 g/mol. The number of hydrogen-bond acceptors (Lipinski definition) is 6. The number of nitrogens with one attached hydrogen (secondary N) is 2. The maximum Gasteiger partial charge on any atom is 0.225 e. The molecule has 7 nitrogen and oxygen atoms in total. The van der Waals surface area contributed by atoms with Crippen LogP contribution in [0.2, 0.25) is 0 Å². The molecule has 2 aromatic rings. The van der Waals surface area contributed by atoms with Crippen molar-refractivity contribution in [3.63, 3.8) is 0 Å². The second-order valence-corrected chi connectivity index (χ2v) is 7.20. The zero-order valence-electron chi connectivity index (χ0n) is 16.4. The van der Waals surface area contributed by atoms with E-state index in [1.54, 1.807) is 4.68 Å². The molecule has 0 amide bonds. The molecule has 7 heteroatoms. The highest BCUT2D eigenvalue weighted by molar-refractivity contribution is 6.09. The fraction of sp³-hybridized carbons (Fsp3) is 0.500. The number of carbonyl (C=O) groups excluding carboxylic acids is 1. The number of ketones is 1. The molecule has 144 valence electrons. The van der Waals surface area contributed by atoms with Gasteiger partial charge in [-0.3, -0.25) is 9.48 Å². The Morgan fingerprint density at radius 2 is 2.30 bits per heavy atom. The fourth-order valence-corrected chi connectivity index (χ4v) is 3.58. The lowest BCUT2D eigenvalue weighted by atomic mass is 9.85. The Kier molecular flexibility index (Phi) is 5.58. The molecule has 0 spiro atoms. The minimum atomic E-state index is -0.113. The van der Waals surface area contributed by atoms with Gasteiger partial charge in [-0.1, -0.05) is 0 Å². The summed E-state index contributed by atoms with van der Waals surface area (Å²) in [5, 5.41) is 16.2. The molecule has 2 N–H and O–H groups in total. The zero-order chi connectivity index (χ0) is 19.6. The SMILES string of the molecule is CN/C(C)=C(\C=N)c1cc2nn(C)cc2c(O[C@H](C)[C@H]2CCCC(=O)C2)n1. The number of Topliss-reactive ketones (excluding diaryl/α,β-unsaturated/α-hetero) is 1. The summed E-state index contributed by atoms with van der Waals surface area (Å²) in [6.45, 7) is 3.91. The van der Waals surface area contributed by atoms with E-state index in [1.807, 2.05) is 40.2 Å². The topological polar surface area (TPSA) is 92.9 Å². The summed E-state index contributed by atoms with van der Waals surface area (Å²) >= 11 is 0. The third-order valence-corrected chi connectivity index (χ3v) is 5.26. The number of hydrogen-bond donors (Lipinski definition) is 2. The molecule has 0 aromatic carbocycles. The maximum atomic E-state index is 11.8. The molecule has 0 bridgehead atoms. The predicted molar refractivity (Wildman–Crippen MR) is 106 cm³/mol. The molecule has 3 rings (SSSR count). The van der Waals surface area contributed by atoms with Crippen molar-refractivity contribution in [3.05, 3.63) is 23.7 Å². The fourth-order valence-electron chi connectivity index (χ4n) is 3.58. The maximum absolute atomic E-state index is 11.8. The van der Waals surface area contributed by atoms with Gasteiger partial charge in [-0.25, -0.2) is 4.98 Å². The molecule has 27 heavy (non-hydrogen) atoms. The van der Waals surface area contributed by atoms with Crippen LogP contribution in [0.15, 0.2) is 18.0 Å². The number of pyridine rings is 1. The first-order valence-corrected chi connectivity index (χ1v) is 9.35. The minimum absolute atomic E-state index is 0.113.